The molecule has 1 N–H and O–H groups in total. The second-order valence-electron chi connectivity index (χ2n) is 7.37. The van der Waals surface area contributed by atoms with Gasteiger partial charge in [0, 0.05) is 17.3 Å². The van der Waals surface area contributed by atoms with Gasteiger partial charge in [0.15, 0.2) is 0 Å². The van der Waals surface area contributed by atoms with Crippen LogP contribution in [0.4, 0.5) is 11.4 Å². The number of aryl methyl sites for hydroxylation is 1. The van der Waals surface area contributed by atoms with Gasteiger partial charge in [-0.25, -0.2) is 4.99 Å². The van der Waals surface area contributed by atoms with E-state index in [0.717, 1.165) is 33.8 Å². The highest BCUT2D eigenvalue weighted by atomic mass is 16.5. The minimum absolute atomic E-state index is 0.192. The van der Waals surface area contributed by atoms with E-state index in [-0.39, 0.29) is 5.75 Å². The van der Waals surface area contributed by atoms with E-state index >= 15 is 0 Å². The van der Waals surface area contributed by atoms with Crippen molar-refractivity contribution in [2.75, 3.05) is 7.11 Å². The third-order valence-corrected chi connectivity index (χ3v) is 5.04. The molecule has 32 heavy (non-hydrogen) atoms. The van der Waals surface area contributed by atoms with Gasteiger partial charge in [-0.15, -0.1) is 0 Å². The van der Waals surface area contributed by atoms with Crippen LogP contribution in [0.2, 0.25) is 0 Å². The van der Waals surface area contributed by atoms with E-state index in [2.05, 4.69) is 4.99 Å². The Morgan fingerprint density at radius 1 is 0.812 bits per heavy atom. The molecule has 0 spiro atoms. The van der Waals surface area contributed by atoms with Crippen molar-refractivity contribution in [2.45, 2.75) is 6.92 Å². The number of nitrogens with zero attached hydrogens (tertiary/aromatic N) is 2. The van der Waals surface area contributed by atoms with E-state index in [1.54, 1.807) is 19.4 Å². The second-order valence-corrected chi connectivity index (χ2v) is 7.37. The average molecular weight is 421 g/mol. The molecule has 4 aromatic rings. The highest BCUT2D eigenvalue weighted by molar-refractivity contribution is 6.15. The highest BCUT2D eigenvalue weighted by Gasteiger charge is 2.13. The molecule has 0 amide bonds. The van der Waals surface area contributed by atoms with Crippen molar-refractivity contribution >= 4 is 23.3 Å². The SMILES string of the molecule is COc1ccc(C=Nc2ccccc2N=C(c2ccccc2)c2cc(C)ccc2O)cc1. The summed E-state index contributed by atoms with van der Waals surface area (Å²) in [6.07, 6.45) is 1.81. The Morgan fingerprint density at radius 3 is 2.22 bits per heavy atom. The quantitative estimate of drug-likeness (QED) is 0.356. The van der Waals surface area contributed by atoms with Crippen molar-refractivity contribution in [2.24, 2.45) is 9.98 Å². The molecule has 4 nitrogen and oxygen atoms in total. The Bertz CT molecular complexity index is 1260. The number of hydrogen-bond acceptors (Lipinski definition) is 4. The number of methoxy groups -OCH3 is 1. The van der Waals surface area contributed by atoms with E-state index in [4.69, 9.17) is 9.73 Å². The van der Waals surface area contributed by atoms with Gasteiger partial charge in [-0.1, -0.05) is 54.1 Å². The topological polar surface area (TPSA) is 54.2 Å². The Kier molecular flexibility index (Phi) is 6.42. The first-order valence-corrected chi connectivity index (χ1v) is 10.4. The summed E-state index contributed by atoms with van der Waals surface area (Å²) in [7, 11) is 1.65. The fraction of sp³-hybridized carbons (Fsp3) is 0.0714. The first kappa shape index (κ1) is 21.1. The Hall–Kier alpha value is -4.18. The van der Waals surface area contributed by atoms with Gasteiger partial charge in [0.2, 0.25) is 0 Å². The van der Waals surface area contributed by atoms with Crippen molar-refractivity contribution in [3.05, 3.63) is 119 Å². The lowest BCUT2D eigenvalue weighted by Crippen LogP contribution is -2.04. The molecule has 158 valence electrons. The fourth-order valence-electron chi connectivity index (χ4n) is 3.34. The maximum absolute atomic E-state index is 10.6. The van der Waals surface area contributed by atoms with E-state index in [1.165, 1.54) is 0 Å². The van der Waals surface area contributed by atoms with Gasteiger partial charge in [0.1, 0.15) is 11.5 Å². The van der Waals surface area contributed by atoms with E-state index in [1.807, 2.05) is 97.9 Å². The largest absolute Gasteiger partial charge is 0.507 e. The monoisotopic (exact) mass is 420 g/mol. The molecule has 4 rings (SSSR count). The number of ether oxygens (including phenoxy) is 1. The normalized spacial score (nSPS) is 11.6. The number of rotatable bonds is 6. The molecule has 0 fully saturated rings. The van der Waals surface area contributed by atoms with Gasteiger partial charge in [-0.2, -0.15) is 0 Å². The number of benzene rings is 4. The first-order chi connectivity index (χ1) is 15.6. The van der Waals surface area contributed by atoms with Crippen LogP contribution in [0.5, 0.6) is 11.5 Å². The number of phenols is 1. The molecule has 0 heterocycles. The smallest absolute Gasteiger partial charge is 0.125 e. The van der Waals surface area contributed by atoms with Crippen LogP contribution >= 0.6 is 0 Å². The van der Waals surface area contributed by atoms with Gasteiger partial charge < -0.3 is 9.84 Å². The minimum atomic E-state index is 0.192. The molecule has 0 radical (unpaired) electrons. The van der Waals surface area contributed by atoms with E-state index in [0.29, 0.717) is 11.3 Å². The number of para-hydroxylation sites is 2. The minimum Gasteiger partial charge on any atom is -0.507 e. The molecule has 0 aliphatic rings. The van der Waals surface area contributed by atoms with Crippen molar-refractivity contribution in [3.63, 3.8) is 0 Å². The van der Waals surface area contributed by atoms with Crippen molar-refractivity contribution < 1.29 is 9.84 Å². The van der Waals surface area contributed by atoms with Gasteiger partial charge in [0.25, 0.3) is 0 Å². The first-order valence-electron chi connectivity index (χ1n) is 10.4. The molecule has 0 saturated heterocycles. The standard InChI is InChI=1S/C28H24N2O2/c1-20-12-17-27(31)24(18-20)28(22-8-4-3-5-9-22)30-26-11-7-6-10-25(26)29-19-21-13-15-23(32-2)16-14-21/h3-19,31H,1-2H3. The van der Waals surface area contributed by atoms with Crippen LogP contribution in [0, 0.1) is 6.92 Å². The van der Waals surface area contributed by atoms with Crippen molar-refractivity contribution in [1.82, 2.24) is 0 Å². The molecule has 4 heteroatoms. The lowest BCUT2D eigenvalue weighted by molar-refractivity contribution is 0.415. The molecular weight excluding hydrogens is 396 g/mol. The lowest BCUT2D eigenvalue weighted by atomic mass is 9.99. The summed E-state index contributed by atoms with van der Waals surface area (Å²) in [5.41, 5.74) is 5.77. The molecule has 0 bridgehead atoms. The van der Waals surface area contributed by atoms with Crippen LogP contribution < -0.4 is 4.74 Å². The third kappa shape index (κ3) is 4.93. The van der Waals surface area contributed by atoms with Gasteiger partial charge in [-0.3, -0.25) is 4.99 Å². The van der Waals surface area contributed by atoms with Crippen LogP contribution in [0.15, 0.2) is 107 Å². The number of aliphatic imine (C=N–C) groups is 2. The number of phenolic OH excluding ortho intramolecular Hbond substituents is 1. The number of aromatic hydroxyl groups is 1. The molecule has 0 aliphatic heterocycles. The summed E-state index contributed by atoms with van der Waals surface area (Å²) < 4.78 is 5.21. The zero-order valence-corrected chi connectivity index (χ0v) is 18.1. The van der Waals surface area contributed by atoms with Crippen LogP contribution in [-0.4, -0.2) is 24.1 Å². The Labute approximate surface area is 188 Å². The van der Waals surface area contributed by atoms with Crippen LogP contribution in [-0.2, 0) is 0 Å². The summed E-state index contributed by atoms with van der Waals surface area (Å²) in [6.45, 7) is 2.00. The summed E-state index contributed by atoms with van der Waals surface area (Å²) in [6, 6.07) is 30.8. The third-order valence-electron chi connectivity index (χ3n) is 5.04. The molecule has 0 aromatic heterocycles. The van der Waals surface area contributed by atoms with Crippen LogP contribution in [0.3, 0.4) is 0 Å². The van der Waals surface area contributed by atoms with E-state index < -0.39 is 0 Å². The molecule has 0 aliphatic carbocycles. The predicted octanol–water partition coefficient (Wildman–Crippen LogP) is 6.63. The highest BCUT2D eigenvalue weighted by Crippen LogP contribution is 2.31. The zero-order valence-electron chi connectivity index (χ0n) is 18.1. The summed E-state index contributed by atoms with van der Waals surface area (Å²) >= 11 is 0. The maximum atomic E-state index is 10.6. The fourth-order valence-corrected chi connectivity index (χ4v) is 3.34. The molecule has 0 atom stereocenters. The summed E-state index contributed by atoms with van der Waals surface area (Å²) in [5.74, 6) is 0.995. The predicted molar refractivity (Wildman–Crippen MR) is 131 cm³/mol. The Balaban J connectivity index is 1.79. The summed E-state index contributed by atoms with van der Waals surface area (Å²) in [4.78, 5) is 9.64. The van der Waals surface area contributed by atoms with Crippen molar-refractivity contribution in [1.29, 1.82) is 0 Å². The second kappa shape index (κ2) is 9.75. The van der Waals surface area contributed by atoms with Crippen LogP contribution in [0.1, 0.15) is 22.3 Å². The summed E-state index contributed by atoms with van der Waals surface area (Å²) in [5, 5.41) is 10.6. The number of hydrogen-bond donors (Lipinski definition) is 1. The zero-order chi connectivity index (χ0) is 22.3. The molecule has 0 saturated carbocycles. The van der Waals surface area contributed by atoms with Gasteiger partial charge in [0.05, 0.1) is 24.2 Å². The lowest BCUT2D eigenvalue weighted by Gasteiger charge is -2.11. The average Bonchev–Trinajstić information content (AvgIpc) is 2.84. The molecular formula is C28H24N2O2. The van der Waals surface area contributed by atoms with Crippen molar-refractivity contribution in [3.8, 4) is 11.5 Å². The van der Waals surface area contributed by atoms with E-state index in [9.17, 15) is 5.11 Å². The van der Waals surface area contributed by atoms with Crippen LogP contribution in [0.25, 0.3) is 0 Å². The van der Waals surface area contributed by atoms with Gasteiger partial charge in [-0.05, 0) is 61.0 Å². The maximum Gasteiger partial charge on any atom is 0.125 e. The molecule has 0 unspecified atom stereocenters. The Morgan fingerprint density at radius 2 is 1.50 bits per heavy atom. The van der Waals surface area contributed by atoms with Gasteiger partial charge >= 0.3 is 0 Å². The molecule has 4 aromatic carbocycles.